The van der Waals surface area contributed by atoms with Gasteiger partial charge in [-0.05, 0) is 36.8 Å². The monoisotopic (exact) mass is 317 g/mol. The molecule has 22 heavy (non-hydrogen) atoms. The Hall–Kier alpha value is -2.14. The van der Waals surface area contributed by atoms with Crippen LogP contribution in [0.5, 0.6) is 0 Å². The highest BCUT2D eigenvalue weighted by Crippen LogP contribution is 2.17. The second kappa shape index (κ2) is 6.75. The molecule has 2 aromatic rings. The highest BCUT2D eigenvalue weighted by molar-refractivity contribution is 7.89. The number of carbonyl (C=O) groups is 1. The molecule has 5 heteroatoms. The molecule has 1 amide bonds. The first-order valence-electron chi connectivity index (χ1n) is 7.04. The van der Waals surface area contributed by atoms with Crippen molar-refractivity contribution < 1.29 is 13.2 Å². The van der Waals surface area contributed by atoms with Gasteiger partial charge in [-0.1, -0.05) is 30.3 Å². The number of nitrogens with zero attached hydrogens (tertiary/aromatic N) is 1. The molecule has 0 saturated heterocycles. The molecule has 0 unspecified atom stereocenters. The van der Waals surface area contributed by atoms with Crippen LogP contribution in [0.25, 0.3) is 0 Å². The minimum atomic E-state index is -3.07. The molecule has 0 aliphatic carbocycles. The van der Waals surface area contributed by atoms with Crippen LogP contribution >= 0.6 is 0 Å². The molecular weight excluding hydrogens is 298 g/mol. The van der Waals surface area contributed by atoms with E-state index in [9.17, 15) is 13.2 Å². The maximum Gasteiger partial charge on any atom is 0.258 e. The Kier molecular flexibility index (Phi) is 4.98. The van der Waals surface area contributed by atoms with Gasteiger partial charge in [-0.2, -0.15) is 0 Å². The smallest absolute Gasteiger partial charge is 0.258 e. The normalized spacial score (nSPS) is 11.2. The lowest BCUT2D eigenvalue weighted by Crippen LogP contribution is -2.30. The molecule has 0 saturated carbocycles. The molecule has 0 radical (unpaired) electrons. The molecule has 0 bridgehead atoms. The van der Waals surface area contributed by atoms with Crippen LogP contribution in [0.3, 0.4) is 0 Å². The summed E-state index contributed by atoms with van der Waals surface area (Å²) in [4.78, 5) is 14.3. The summed E-state index contributed by atoms with van der Waals surface area (Å²) in [6, 6.07) is 16.2. The SMILES string of the molecule is CCN(C(=O)c1ccc(CS(C)(=O)=O)cc1)c1ccccc1. The van der Waals surface area contributed by atoms with Gasteiger partial charge >= 0.3 is 0 Å². The van der Waals surface area contributed by atoms with Gasteiger partial charge in [0.1, 0.15) is 0 Å². The van der Waals surface area contributed by atoms with Gasteiger partial charge in [0, 0.05) is 24.1 Å². The lowest BCUT2D eigenvalue weighted by Gasteiger charge is -2.21. The third-order valence-corrected chi connectivity index (χ3v) is 4.12. The predicted octanol–water partition coefficient (Wildman–Crippen LogP) is 2.90. The summed E-state index contributed by atoms with van der Waals surface area (Å²) < 4.78 is 22.6. The number of anilines is 1. The lowest BCUT2D eigenvalue weighted by molar-refractivity contribution is 0.0988. The van der Waals surface area contributed by atoms with E-state index in [0.29, 0.717) is 17.7 Å². The van der Waals surface area contributed by atoms with E-state index >= 15 is 0 Å². The summed E-state index contributed by atoms with van der Waals surface area (Å²) >= 11 is 0. The van der Waals surface area contributed by atoms with Crippen LogP contribution in [0.15, 0.2) is 54.6 Å². The molecular formula is C17H19NO3S. The van der Waals surface area contributed by atoms with Crippen molar-refractivity contribution in [2.24, 2.45) is 0 Å². The Bertz CT molecular complexity index is 737. The van der Waals surface area contributed by atoms with Crippen LogP contribution < -0.4 is 4.90 Å². The van der Waals surface area contributed by atoms with E-state index in [4.69, 9.17) is 0 Å². The van der Waals surface area contributed by atoms with Crippen LogP contribution in [-0.4, -0.2) is 27.1 Å². The van der Waals surface area contributed by atoms with E-state index in [1.165, 1.54) is 6.26 Å². The van der Waals surface area contributed by atoms with Crippen molar-refractivity contribution in [2.45, 2.75) is 12.7 Å². The number of amides is 1. The molecule has 0 heterocycles. The first kappa shape index (κ1) is 16.2. The van der Waals surface area contributed by atoms with Gasteiger partial charge in [-0.25, -0.2) is 8.42 Å². The quantitative estimate of drug-likeness (QED) is 0.852. The highest BCUT2D eigenvalue weighted by Gasteiger charge is 2.16. The van der Waals surface area contributed by atoms with Crippen molar-refractivity contribution in [1.29, 1.82) is 0 Å². The van der Waals surface area contributed by atoms with E-state index in [1.54, 1.807) is 29.2 Å². The first-order valence-corrected chi connectivity index (χ1v) is 9.10. The zero-order valence-corrected chi connectivity index (χ0v) is 13.5. The summed E-state index contributed by atoms with van der Waals surface area (Å²) in [5, 5.41) is 0. The van der Waals surface area contributed by atoms with E-state index in [0.717, 1.165) is 5.69 Å². The first-order chi connectivity index (χ1) is 10.4. The summed E-state index contributed by atoms with van der Waals surface area (Å²) in [6.45, 7) is 2.48. The molecule has 0 aliphatic heterocycles. The minimum absolute atomic E-state index is 0.0162. The van der Waals surface area contributed by atoms with Gasteiger partial charge in [-0.3, -0.25) is 4.79 Å². The maximum atomic E-state index is 12.6. The van der Waals surface area contributed by atoms with Crippen LogP contribution in [0.1, 0.15) is 22.8 Å². The molecule has 2 rings (SSSR count). The fourth-order valence-corrected chi connectivity index (χ4v) is 3.05. The molecule has 116 valence electrons. The van der Waals surface area contributed by atoms with Crippen molar-refractivity contribution in [3.8, 4) is 0 Å². The zero-order chi connectivity index (χ0) is 16.2. The Morgan fingerprint density at radius 3 is 2.09 bits per heavy atom. The van der Waals surface area contributed by atoms with Gasteiger partial charge in [-0.15, -0.1) is 0 Å². The molecule has 2 aromatic carbocycles. The Morgan fingerprint density at radius 1 is 1.00 bits per heavy atom. The third-order valence-electron chi connectivity index (χ3n) is 3.26. The van der Waals surface area contributed by atoms with E-state index < -0.39 is 9.84 Å². The van der Waals surface area contributed by atoms with E-state index in [2.05, 4.69) is 0 Å². The summed E-state index contributed by atoms with van der Waals surface area (Å²) in [7, 11) is -3.07. The Morgan fingerprint density at radius 2 is 1.59 bits per heavy atom. The number of hydrogen-bond acceptors (Lipinski definition) is 3. The van der Waals surface area contributed by atoms with Gasteiger partial charge in [0.05, 0.1) is 5.75 Å². The summed E-state index contributed by atoms with van der Waals surface area (Å²) in [5.41, 5.74) is 2.07. The van der Waals surface area contributed by atoms with Crippen molar-refractivity contribution >= 4 is 21.4 Å². The van der Waals surface area contributed by atoms with E-state index in [1.807, 2.05) is 37.3 Å². The van der Waals surface area contributed by atoms with Crippen LogP contribution in [-0.2, 0) is 15.6 Å². The van der Waals surface area contributed by atoms with Crippen molar-refractivity contribution in [2.75, 3.05) is 17.7 Å². The number of sulfone groups is 1. The van der Waals surface area contributed by atoms with Crippen LogP contribution in [0, 0.1) is 0 Å². The largest absolute Gasteiger partial charge is 0.309 e. The number of carbonyl (C=O) groups excluding carboxylic acids is 1. The van der Waals surface area contributed by atoms with Crippen LogP contribution in [0.2, 0.25) is 0 Å². The standard InChI is InChI=1S/C17H19NO3S/c1-3-18(16-7-5-4-6-8-16)17(19)15-11-9-14(10-12-15)13-22(2,20)21/h4-12H,3,13H2,1-2H3. The van der Waals surface area contributed by atoms with Crippen molar-refractivity contribution in [3.63, 3.8) is 0 Å². The summed E-state index contributed by atoms with van der Waals surface area (Å²) in [6.07, 6.45) is 1.19. The average molecular weight is 317 g/mol. The van der Waals surface area contributed by atoms with Crippen molar-refractivity contribution in [1.82, 2.24) is 0 Å². The fourth-order valence-electron chi connectivity index (χ4n) is 2.25. The van der Waals surface area contributed by atoms with Gasteiger partial charge < -0.3 is 4.90 Å². The van der Waals surface area contributed by atoms with Crippen molar-refractivity contribution in [3.05, 3.63) is 65.7 Å². The lowest BCUT2D eigenvalue weighted by atomic mass is 10.1. The zero-order valence-electron chi connectivity index (χ0n) is 12.7. The molecule has 0 N–H and O–H groups in total. The summed E-state index contributed by atoms with van der Waals surface area (Å²) in [5.74, 6) is -0.114. The van der Waals surface area contributed by atoms with Gasteiger partial charge in [0.15, 0.2) is 9.84 Å². The van der Waals surface area contributed by atoms with Crippen LogP contribution in [0.4, 0.5) is 5.69 Å². The number of hydrogen-bond donors (Lipinski definition) is 0. The van der Waals surface area contributed by atoms with Gasteiger partial charge in [0.2, 0.25) is 0 Å². The molecule has 0 atom stereocenters. The predicted molar refractivity (Wildman–Crippen MR) is 88.8 cm³/mol. The molecule has 4 nitrogen and oxygen atoms in total. The third kappa shape index (κ3) is 4.18. The highest BCUT2D eigenvalue weighted by atomic mass is 32.2. The Labute approximate surface area is 131 Å². The number of rotatable bonds is 5. The average Bonchev–Trinajstić information content (AvgIpc) is 2.48. The molecule has 0 spiro atoms. The van der Waals surface area contributed by atoms with Gasteiger partial charge in [0.25, 0.3) is 5.91 Å². The fraction of sp³-hybridized carbons (Fsp3) is 0.235. The topological polar surface area (TPSA) is 54.5 Å². The number of benzene rings is 2. The van der Waals surface area contributed by atoms with E-state index in [-0.39, 0.29) is 11.7 Å². The second-order valence-electron chi connectivity index (χ2n) is 5.15. The second-order valence-corrected chi connectivity index (χ2v) is 7.29. The molecule has 0 aromatic heterocycles. The number of para-hydroxylation sites is 1. The minimum Gasteiger partial charge on any atom is -0.309 e. The molecule has 0 aliphatic rings. The molecule has 0 fully saturated rings. The maximum absolute atomic E-state index is 12.6. The Balaban J connectivity index is 2.22.